The monoisotopic (exact) mass is 222 g/mol. The first-order valence-corrected chi connectivity index (χ1v) is 4.70. The van der Waals surface area contributed by atoms with Gasteiger partial charge in [-0.25, -0.2) is 4.79 Å². The molecule has 0 atom stereocenters. The molecular formula is C11H7ClO3. The van der Waals surface area contributed by atoms with Gasteiger partial charge in [0.05, 0.1) is 0 Å². The summed E-state index contributed by atoms with van der Waals surface area (Å²) in [5.41, 5.74) is -0.142. The summed E-state index contributed by atoms with van der Waals surface area (Å²) in [6.45, 7) is 1.32. The Hall–Kier alpha value is -1.61. The molecule has 0 fully saturated rings. The summed E-state index contributed by atoms with van der Waals surface area (Å²) in [5, 5.41) is 1.18. The zero-order chi connectivity index (χ0) is 11.0. The number of halogens is 1. The number of carbonyl (C=O) groups is 1. The van der Waals surface area contributed by atoms with Crippen LogP contribution in [0.25, 0.3) is 11.0 Å². The summed E-state index contributed by atoms with van der Waals surface area (Å²) in [5.74, 6) is -0.314. The van der Waals surface area contributed by atoms with Gasteiger partial charge in [-0.3, -0.25) is 4.79 Å². The summed E-state index contributed by atoms with van der Waals surface area (Å²) in [4.78, 5) is 22.4. The van der Waals surface area contributed by atoms with E-state index in [4.69, 9.17) is 16.0 Å². The molecule has 76 valence electrons. The summed E-state index contributed by atoms with van der Waals surface area (Å²) >= 11 is 5.79. The van der Waals surface area contributed by atoms with Gasteiger partial charge in [0.25, 0.3) is 0 Å². The molecule has 0 saturated carbocycles. The van der Waals surface area contributed by atoms with E-state index in [9.17, 15) is 9.59 Å². The van der Waals surface area contributed by atoms with Crippen molar-refractivity contribution in [1.29, 1.82) is 0 Å². The van der Waals surface area contributed by atoms with Crippen molar-refractivity contribution in [2.24, 2.45) is 0 Å². The summed E-state index contributed by atoms with van der Waals surface area (Å²) in [6.07, 6.45) is 0. The molecule has 2 aromatic rings. The minimum atomic E-state index is -0.614. The van der Waals surface area contributed by atoms with Crippen LogP contribution >= 0.6 is 11.6 Å². The van der Waals surface area contributed by atoms with E-state index in [2.05, 4.69) is 0 Å². The molecule has 15 heavy (non-hydrogen) atoms. The van der Waals surface area contributed by atoms with Gasteiger partial charge in [-0.05, 0) is 31.2 Å². The smallest absolute Gasteiger partial charge is 0.347 e. The first-order chi connectivity index (χ1) is 7.08. The second-order valence-electron chi connectivity index (χ2n) is 3.19. The summed E-state index contributed by atoms with van der Waals surface area (Å²) < 4.78 is 4.97. The Kier molecular flexibility index (Phi) is 2.32. The highest BCUT2D eigenvalue weighted by Gasteiger charge is 2.09. The lowest BCUT2D eigenvalue weighted by Crippen LogP contribution is -2.10. The third-order valence-corrected chi connectivity index (χ3v) is 2.31. The topological polar surface area (TPSA) is 47.3 Å². The second-order valence-corrected chi connectivity index (χ2v) is 3.62. The van der Waals surface area contributed by atoms with E-state index in [1.807, 2.05) is 0 Å². The second kappa shape index (κ2) is 3.51. The number of hydrogen-bond donors (Lipinski definition) is 0. The molecule has 1 aromatic heterocycles. The molecule has 1 heterocycles. The predicted octanol–water partition coefficient (Wildman–Crippen LogP) is 2.65. The van der Waals surface area contributed by atoms with Crippen LogP contribution in [0, 0.1) is 0 Å². The van der Waals surface area contributed by atoms with E-state index < -0.39 is 5.63 Å². The van der Waals surface area contributed by atoms with Gasteiger partial charge in [-0.2, -0.15) is 0 Å². The van der Waals surface area contributed by atoms with Gasteiger partial charge in [0.1, 0.15) is 11.1 Å². The maximum absolute atomic E-state index is 11.3. The first kappa shape index (κ1) is 9.93. The molecule has 0 saturated heterocycles. The highest BCUT2D eigenvalue weighted by atomic mass is 35.5. The van der Waals surface area contributed by atoms with Crippen molar-refractivity contribution < 1.29 is 9.21 Å². The molecule has 0 aliphatic carbocycles. The molecule has 0 N–H and O–H groups in total. The average molecular weight is 223 g/mol. The zero-order valence-corrected chi connectivity index (χ0v) is 8.67. The van der Waals surface area contributed by atoms with Crippen molar-refractivity contribution in [3.63, 3.8) is 0 Å². The number of ketones is 1. The third-order valence-electron chi connectivity index (χ3n) is 2.07. The molecule has 0 aliphatic heterocycles. The van der Waals surface area contributed by atoms with Crippen molar-refractivity contribution in [3.8, 4) is 0 Å². The predicted molar refractivity (Wildman–Crippen MR) is 57.5 cm³/mol. The van der Waals surface area contributed by atoms with Crippen LogP contribution in [-0.4, -0.2) is 5.78 Å². The normalized spacial score (nSPS) is 10.5. The van der Waals surface area contributed by atoms with Crippen LogP contribution in [0.3, 0.4) is 0 Å². The lowest BCUT2D eigenvalue weighted by atomic mass is 10.1. The van der Waals surface area contributed by atoms with Crippen molar-refractivity contribution >= 4 is 28.4 Å². The highest BCUT2D eigenvalue weighted by molar-refractivity contribution is 6.31. The molecule has 0 amide bonds. The Bertz CT molecular complexity index is 598. The van der Waals surface area contributed by atoms with Crippen LogP contribution in [0.1, 0.15) is 17.3 Å². The van der Waals surface area contributed by atoms with E-state index in [1.165, 1.54) is 13.0 Å². The number of rotatable bonds is 1. The Morgan fingerprint density at radius 3 is 2.73 bits per heavy atom. The fourth-order valence-corrected chi connectivity index (χ4v) is 1.52. The average Bonchev–Trinajstić information content (AvgIpc) is 2.17. The molecular weight excluding hydrogens is 216 g/mol. The Morgan fingerprint density at radius 1 is 1.33 bits per heavy atom. The molecule has 0 radical (unpaired) electrons. The number of carbonyl (C=O) groups excluding carboxylic acids is 1. The first-order valence-electron chi connectivity index (χ1n) is 4.32. The fourth-order valence-electron chi connectivity index (χ4n) is 1.34. The zero-order valence-electron chi connectivity index (χ0n) is 7.91. The van der Waals surface area contributed by atoms with E-state index >= 15 is 0 Å². The van der Waals surface area contributed by atoms with Crippen LogP contribution in [0.2, 0.25) is 5.02 Å². The number of Topliss-reactive ketones (excluding diaryl/α,β-unsaturated/α-hetero) is 1. The molecule has 0 spiro atoms. The lowest BCUT2D eigenvalue weighted by molar-refractivity contribution is 0.101. The van der Waals surface area contributed by atoms with Gasteiger partial charge >= 0.3 is 5.63 Å². The highest BCUT2D eigenvalue weighted by Crippen LogP contribution is 2.18. The summed E-state index contributed by atoms with van der Waals surface area (Å²) in [7, 11) is 0. The molecule has 2 rings (SSSR count). The fraction of sp³-hybridized carbons (Fsp3) is 0.0909. The Labute approximate surface area is 90.3 Å². The largest absolute Gasteiger partial charge is 0.422 e. The van der Waals surface area contributed by atoms with Crippen LogP contribution < -0.4 is 5.63 Å². The van der Waals surface area contributed by atoms with Crippen molar-refractivity contribution in [2.45, 2.75) is 6.92 Å². The van der Waals surface area contributed by atoms with Gasteiger partial charge in [-0.15, -0.1) is 0 Å². The van der Waals surface area contributed by atoms with Gasteiger partial charge in [0.2, 0.25) is 0 Å². The SMILES string of the molecule is CC(=O)c1cc2cc(Cl)ccc2oc1=O. The molecule has 4 heteroatoms. The van der Waals surface area contributed by atoms with Gasteiger partial charge < -0.3 is 4.42 Å². The Morgan fingerprint density at radius 2 is 2.07 bits per heavy atom. The van der Waals surface area contributed by atoms with Gasteiger partial charge in [0, 0.05) is 10.4 Å². The Balaban J connectivity index is 2.83. The van der Waals surface area contributed by atoms with E-state index in [0.29, 0.717) is 16.0 Å². The van der Waals surface area contributed by atoms with Crippen LogP contribution in [-0.2, 0) is 0 Å². The lowest BCUT2D eigenvalue weighted by Gasteiger charge is -1.99. The number of fused-ring (bicyclic) bond motifs is 1. The van der Waals surface area contributed by atoms with Crippen LogP contribution in [0.4, 0.5) is 0 Å². The maximum Gasteiger partial charge on any atom is 0.347 e. The minimum absolute atomic E-state index is 0.0461. The number of hydrogen-bond acceptors (Lipinski definition) is 3. The van der Waals surface area contributed by atoms with E-state index in [1.54, 1.807) is 18.2 Å². The van der Waals surface area contributed by atoms with Crippen LogP contribution in [0.15, 0.2) is 33.5 Å². The molecule has 0 aliphatic rings. The molecule has 0 bridgehead atoms. The quantitative estimate of drug-likeness (QED) is 0.551. The standard InChI is InChI=1S/C11H7ClO3/c1-6(13)9-5-7-4-8(12)2-3-10(7)15-11(9)14/h2-5H,1H3. The molecule has 1 aromatic carbocycles. The molecule has 0 unspecified atom stereocenters. The summed E-state index contributed by atoms with van der Waals surface area (Å²) in [6, 6.07) is 6.37. The van der Waals surface area contributed by atoms with Gasteiger partial charge in [-0.1, -0.05) is 11.6 Å². The maximum atomic E-state index is 11.3. The van der Waals surface area contributed by atoms with Gasteiger partial charge in [0.15, 0.2) is 5.78 Å². The number of benzene rings is 1. The van der Waals surface area contributed by atoms with E-state index in [-0.39, 0.29) is 11.3 Å². The third kappa shape index (κ3) is 1.78. The van der Waals surface area contributed by atoms with Crippen molar-refractivity contribution in [3.05, 3.63) is 45.3 Å². The van der Waals surface area contributed by atoms with Crippen molar-refractivity contribution in [1.82, 2.24) is 0 Å². The minimum Gasteiger partial charge on any atom is -0.422 e. The van der Waals surface area contributed by atoms with Crippen molar-refractivity contribution in [2.75, 3.05) is 0 Å². The van der Waals surface area contributed by atoms with E-state index in [0.717, 1.165) is 0 Å². The van der Waals surface area contributed by atoms with Crippen LogP contribution in [0.5, 0.6) is 0 Å². The molecule has 3 nitrogen and oxygen atoms in total.